The number of carbonyl (C=O) groups excluding carboxylic acids is 1. The predicted molar refractivity (Wildman–Crippen MR) is 106 cm³/mol. The van der Waals surface area contributed by atoms with Crippen molar-refractivity contribution in [1.29, 1.82) is 0 Å². The highest BCUT2D eigenvalue weighted by Gasteiger charge is 2.43. The third-order valence-corrected chi connectivity index (χ3v) is 5.62. The van der Waals surface area contributed by atoms with Crippen molar-refractivity contribution in [3.05, 3.63) is 29.3 Å². The highest BCUT2D eigenvalue weighted by atomic mass is 35.5. The third kappa shape index (κ3) is 4.99. The SMILES string of the molecule is CCCCCC(C)N(C(=O)C(C)(C)C(C)(C)C)c1cccc(Cl)c1. The second-order valence-electron chi connectivity index (χ2n) is 8.37. The first-order valence-electron chi connectivity index (χ1n) is 9.11. The Morgan fingerprint density at radius 1 is 1.17 bits per heavy atom. The molecule has 0 bridgehead atoms. The highest BCUT2D eigenvalue weighted by Crippen LogP contribution is 2.41. The Bertz CT molecular complexity index is 545. The normalized spacial score (nSPS) is 13.7. The molecule has 1 amide bonds. The summed E-state index contributed by atoms with van der Waals surface area (Å²) in [5, 5.41) is 0.666. The van der Waals surface area contributed by atoms with Crippen LogP contribution in [-0.2, 0) is 4.79 Å². The van der Waals surface area contributed by atoms with Gasteiger partial charge in [-0.05, 0) is 37.0 Å². The first-order chi connectivity index (χ1) is 11.0. The molecule has 136 valence electrons. The summed E-state index contributed by atoms with van der Waals surface area (Å²) in [5.74, 6) is 0.168. The number of rotatable bonds is 7. The van der Waals surface area contributed by atoms with Gasteiger partial charge in [0.05, 0.1) is 0 Å². The summed E-state index contributed by atoms with van der Waals surface area (Å²) in [6, 6.07) is 7.81. The van der Waals surface area contributed by atoms with E-state index in [9.17, 15) is 4.79 Å². The molecule has 3 heteroatoms. The van der Waals surface area contributed by atoms with Crippen molar-refractivity contribution >= 4 is 23.2 Å². The molecule has 1 rings (SSSR count). The van der Waals surface area contributed by atoms with Crippen LogP contribution in [0.3, 0.4) is 0 Å². The van der Waals surface area contributed by atoms with Crippen LogP contribution in [0, 0.1) is 10.8 Å². The van der Waals surface area contributed by atoms with E-state index in [2.05, 4.69) is 34.6 Å². The maximum absolute atomic E-state index is 13.5. The van der Waals surface area contributed by atoms with Crippen molar-refractivity contribution in [2.24, 2.45) is 10.8 Å². The Hall–Kier alpha value is -1.02. The molecule has 0 aliphatic carbocycles. The van der Waals surface area contributed by atoms with Gasteiger partial charge in [0, 0.05) is 22.2 Å². The average molecular weight is 352 g/mol. The van der Waals surface area contributed by atoms with E-state index in [-0.39, 0.29) is 17.4 Å². The van der Waals surface area contributed by atoms with Crippen LogP contribution < -0.4 is 4.90 Å². The van der Waals surface area contributed by atoms with E-state index in [0.29, 0.717) is 5.02 Å². The molecule has 1 atom stereocenters. The molecular formula is C21H34ClNO. The van der Waals surface area contributed by atoms with Crippen LogP contribution in [-0.4, -0.2) is 11.9 Å². The molecule has 1 unspecified atom stereocenters. The number of anilines is 1. The van der Waals surface area contributed by atoms with Gasteiger partial charge >= 0.3 is 0 Å². The first kappa shape index (κ1) is 21.0. The Morgan fingerprint density at radius 3 is 2.29 bits per heavy atom. The molecule has 1 aromatic carbocycles. The first-order valence-corrected chi connectivity index (χ1v) is 9.49. The zero-order valence-corrected chi connectivity index (χ0v) is 17.2. The van der Waals surface area contributed by atoms with Gasteiger partial charge in [0.25, 0.3) is 0 Å². The fourth-order valence-corrected chi connectivity index (χ4v) is 2.82. The van der Waals surface area contributed by atoms with Crippen molar-refractivity contribution < 1.29 is 4.79 Å². The third-order valence-electron chi connectivity index (χ3n) is 5.38. The van der Waals surface area contributed by atoms with Crippen LogP contribution in [0.1, 0.15) is 74.1 Å². The molecule has 2 nitrogen and oxygen atoms in total. The lowest BCUT2D eigenvalue weighted by molar-refractivity contribution is -0.132. The van der Waals surface area contributed by atoms with Crippen LogP contribution in [0.5, 0.6) is 0 Å². The fraction of sp³-hybridized carbons (Fsp3) is 0.667. The number of halogens is 1. The van der Waals surface area contributed by atoms with Gasteiger partial charge in [0.15, 0.2) is 0 Å². The minimum absolute atomic E-state index is 0.121. The van der Waals surface area contributed by atoms with Gasteiger partial charge in [-0.1, -0.05) is 78.5 Å². The van der Waals surface area contributed by atoms with Crippen molar-refractivity contribution in [3.63, 3.8) is 0 Å². The molecule has 0 aromatic heterocycles. The minimum Gasteiger partial charge on any atom is -0.309 e. The summed E-state index contributed by atoms with van der Waals surface area (Å²) in [7, 11) is 0. The summed E-state index contributed by atoms with van der Waals surface area (Å²) < 4.78 is 0. The molecule has 0 saturated carbocycles. The van der Waals surface area contributed by atoms with Crippen molar-refractivity contribution in [2.75, 3.05) is 4.90 Å². The zero-order chi connectivity index (χ0) is 18.5. The van der Waals surface area contributed by atoms with E-state index < -0.39 is 5.41 Å². The predicted octanol–water partition coefficient (Wildman–Crippen LogP) is 6.71. The number of hydrogen-bond acceptors (Lipinski definition) is 1. The molecule has 24 heavy (non-hydrogen) atoms. The van der Waals surface area contributed by atoms with Gasteiger partial charge in [0.2, 0.25) is 5.91 Å². The van der Waals surface area contributed by atoms with Gasteiger partial charge in [-0.2, -0.15) is 0 Å². The Kier molecular flexibility index (Phi) is 7.34. The van der Waals surface area contributed by atoms with Gasteiger partial charge in [-0.25, -0.2) is 0 Å². The number of nitrogens with zero attached hydrogens (tertiary/aromatic N) is 1. The summed E-state index contributed by atoms with van der Waals surface area (Å²) in [4.78, 5) is 15.4. The molecule has 0 fully saturated rings. The molecule has 0 spiro atoms. The fourth-order valence-electron chi connectivity index (χ4n) is 2.64. The average Bonchev–Trinajstić information content (AvgIpc) is 2.46. The second-order valence-corrected chi connectivity index (χ2v) is 8.81. The van der Waals surface area contributed by atoms with Crippen molar-refractivity contribution in [3.8, 4) is 0 Å². The van der Waals surface area contributed by atoms with Crippen LogP contribution in [0.15, 0.2) is 24.3 Å². The molecule has 0 radical (unpaired) electrons. The summed E-state index contributed by atoms with van der Waals surface area (Å²) >= 11 is 6.19. The maximum Gasteiger partial charge on any atom is 0.233 e. The second kappa shape index (κ2) is 8.38. The standard InChI is InChI=1S/C21H34ClNO/c1-8-9-10-12-16(2)23(18-14-11-13-17(22)15-18)19(24)21(6,7)20(3,4)5/h11,13-16H,8-10,12H2,1-7H3. The highest BCUT2D eigenvalue weighted by molar-refractivity contribution is 6.30. The number of unbranched alkanes of at least 4 members (excludes halogenated alkanes) is 2. The minimum atomic E-state index is -0.464. The van der Waals surface area contributed by atoms with Crippen LogP contribution in [0.2, 0.25) is 5.02 Å². The number of hydrogen-bond donors (Lipinski definition) is 0. The Morgan fingerprint density at radius 2 is 1.79 bits per heavy atom. The molecule has 0 saturated heterocycles. The summed E-state index contributed by atoms with van der Waals surface area (Å²) in [6.07, 6.45) is 4.53. The monoisotopic (exact) mass is 351 g/mol. The van der Waals surface area contributed by atoms with Crippen LogP contribution in [0.25, 0.3) is 0 Å². The quantitative estimate of drug-likeness (QED) is 0.499. The molecule has 0 aliphatic rings. The molecular weight excluding hydrogens is 318 g/mol. The van der Waals surface area contributed by atoms with Gasteiger partial charge in [-0.15, -0.1) is 0 Å². The van der Waals surface area contributed by atoms with Crippen LogP contribution in [0.4, 0.5) is 5.69 Å². The lowest BCUT2D eigenvalue weighted by Gasteiger charge is -2.43. The summed E-state index contributed by atoms with van der Waals surface area (Å²) in [5.41, 5.74) is 0.312. The van der Waals surface area contributed by atoms with E-state index >= 15 is 0 Å². The number of benzene rings is 1. The van der Waals surface area contributed by atoms with Gasteiger partial charge < -0.3 is 4.90 Å². The Labute approximate surface area is 153 Å². The summed E-state index contributed by atoms with van der Waals surface area (Å²) in [6.45, 7) is 14.8. The zero-order valence-electron chi connectivity index (χ0n) is 16.4. The van der Waals surface area contributed by atoms with E-state index in [1.165, 1.54) is 12.8 Å². The Balaban J connectivity index is 3.20. The van der Waals surface area contributed by atoms with E-state index in [1.54, 1.807) is 0 Å². The van der Waals surface area contributed by atoms with Gasteiger partial charge in [0.1, 0.15) is 0 Å². The smallest absolute Gasteiger partial charge is 0.233 e. The lowest BCUT2D eigenvalue weighted by atomic mass is 9.68. The van der Waals surface area contributed by atoms with Crippen LogP contribution >= 0.6 is 11.6 Å². The van der Waals surface area contributed by atoms with Crippen molar-refractivity contribution in [2.45, 2.75) is 80.2 Å². The van der Waals surface area contributed by atoms with E-state index in [0.717, 1.165) is 18.5 Å². The topological polar surface area (TPSA) is 20.3 Å². The molecule has 1 aromatic rings. The molecule has 0 N–H and O–H groups in total. The van der Waals surface area contributed by atoms with E-state index in [1.807, 2.05) is 43.0 Å². The lowest BCUT2D eigenvalue weighted by Crippen LogP contribution is -2.50. The van der Waals surface area contributed by atoms with Gasteiger partial charge in [-0.3, -0.25) is 4.79 Å². The largest absolute Gasteiger partial charge is 0.309 e. The molecule has 0 heterocycles. The maximum atomic E-state index is 13.5. The van der Waals surface area contributed by atoms with E-state index in [4.69, 9.17) is 11.6 Å². The number of amides is 1. The number of carbonyl (C=O) groups is 1. The van der Waals surface area contributed by atoms with Crippen molar-refractivity contribution in [1.82, 2.24) is 0 Å². The molecule has 0 aliphatic heterocycles.